The minimum atomic E-state index is -0.198. The van der Waals surface area contributed by atoms with E-state index in [0.29, 0.717) is 5.69 Å². The van der Waals surface area contributed by atoms with Gasteiger partial charge in [0.15, 0.2) is 0 Å². The second kappa shape index (κ2) is 5.14. The maximum absolute atomic E-state index is 11.3. The van der Waals surface area contributed by atoms with E-state index in [1.165, 1.54) is 19.1 Å². The van der Waals surface area contributed by atoms with Gasteiger partial charge < -0.3 is 15.2 Å². The molecule has 0 atom stereocenters. The molecule has 0 aliphatic carbocycles. The molecule has 1 aromatic rings. The van der Waals surface area contributed by atoms with Crippen molar-refractivity contribution >= 4 is 17.4 Å². The molecule has 4 nitrogen and oxygen atoms in total. The Morgan fingerprint density at radius 3 is 2.33 bits per heavy atom. The zero-order valence-corrected chi connectivity index (χ0v) is 8.49. The highest BCUT2D eigenvalue weighted by Gasteiger charge is 2.03. The number of amides is 1. The van der Waals surface area contributed by atoms with Crippen LogP contribution in [0.25, 0.3) is 0 Å². The van der Waals surface area contributed by atoms with Gasteiger partial charge in [0.05, 0.1) is 0 Å². The first-order chi connectivity index (χ1) is 7.08. The Balaban J connectivity index is 2.44. The van der Waals surface area contributed by atoms with Crippen molar-refractivity contribution in [2.75, 3.05) is 5.32 Å². The molecule has 1 aromatic carbocycles. The molecule has 0 bridgehead atoms. The fourth-order valence-corrected chi connectivity index (χ4v) is 1.06. The Kier molecular flexibility index (Phi) is 3.85. The Morgan fingerprint density at radius 1 is 1.20 bits per heavy atom. The molecular weight excluding hydrogens is 194 g/mol. The van der Waals surface area contributed by atoms with Gasteiger partial charge in [-0.15, -0.1) is 0 Å². The molecule has 4 heteroatoms. The maximum Gasteiger partial charge on any atom is 0.224 e. The largest absolute Gasteiger partial charge is 0.508 e. The minimum Gasteiger partial charge on any atom is -0.508 e. The maximum atomic E-state index is 11.3. The Hall–Kier alpha value is -1.84. The number of nitrogens with one attached hydrogen (secondary N) is 1. The van der Waals surface area contributed by atoms with Crippen LogP contribution in [0.3, 0.4) is 0 Å². The fraction of sp³-hybridized carbons (Fsp3) is 0.273. The first-order valence-corrected chi connectivity index (χ1v) is 4.66. The predicted molar refractivity (Wildman–Crippen MR) is 56.7 cm³/mol. The first-order valence-electron chi connectivity index (χ1n) is 4.66. The zero-order chi connectivity index (χ0) is 11.3. The number of Topliss-reactive ketones (excluding diaryl/α,β-unsaturated/α-hetero) is 1. The number of carbonyl (C=O) groups is 2. The van der Waals surface area contributed by atoms with E-state index in [1.54, 1.807) is 12.1 Å². The van der Waals surface area contributed by atoms with Crippen LogP contribution in [0.1, 0.15) is 19.8 Å². The molecule has 0 unspecified atom stereocenters. The summed E-state index contributed by atoms with van der Waals surface area (Å²) < 4.78 is 0. The van der Waals surface area contributed by atoms with Crippen LogP contribution in [-0.4, -0.2) is 16.8 Å². The lowest BCUT2D eigenvalue weighted by atomic mass is 10.2. The van der Waals surface area contributed by atoms with Crippen LogP contribution < -0.4 is 5.32 Å². The Bertz CT molecular complexity index is 357. The van der Waals surface area contributed by atoms with Gasteiger partial charge in [-0.3, -0.25) is 4.79 Å². The van der Waals surface area contributed by atoms with E-state index in [9.17, 15) is 9.59 Å². The van der Waals surface area contributed by atoms with Crippen LogP contribution in [0, 0.1) is 0 Å². The average molecular weight is 207 g/mol. The van der Waals surface area contributed by atoms with Gasteiger partial charge in [-0.1, -0.05) is 0 Å². The fourth-order valence-electron chi connectivity index (χ4n) is 1.06. The minimum absolute atomic E-state index is 0.00384. The van der Waals surface area contributed by atoms with Crippen molar-refractivity contribution in [1.29, 1.82) is 0 Å². The van der Waals surface area contributed by atoms with Crippen molar-refractivity contribution in [2.24, 2.45) is 0 Å². The molecule has 0 saturated heterocycles. The highest BCUT2D eigenvalue weighted by molar-refractivity contribution is 5.93. The number of phenolic OH excluding ortho intramolecular Hbond substituents is 1. The van der Waals surface area contributed by atoms with Gasteiger partial charge in [0, 0.05) is 18.5 Å². The number of ketones is 1. The number of aromatic hydroxyl groups is 1. The van der Waals surface area contributed by atoms with Gasteiger partial charge in [0.2, 0.25) is 5.91 Å². The van der Waals surface area contributed by atoms with Gasteiger partial charge in [0.25, 0.3) is 0 Å². The number of benzene rings is 1. The molecule has 1 rings (SSSR count). The summed E-state index contributed by atoms with van der Waals surface area (Å²) in [5, 5.41) is 11.6. The molecule has 0 radical (unpaired) electrons. The zero-order valence-electron chi connectivity index (χ0n) is 8.49. The van der Waals surface area contributed by atoms with E-state index >= 15 is 0 Å². The lowest BCUT2D eigenvalue weighted by Gasteiger charge is -2.03. The topological polar surface area (TPSA) is 66.4 Å². The van der Waals surface area contributed by atoms with Crippen molar-refractivity contribution in [1.82, 2.24) is 0 Å². The molecule has 0 aliphatic rings. The van der Waals surface area contributed by atoms with Gasteiger partial charge in [0.1, 0.15) is 11.5 Å². The second-order valence-electron chi connectivity index (χ2n) is 3.30. The number of hydrogen-bond acceptors (Lipinski definition) is 3. The molecule has 15 heavy (non-hydrogen) atoms. The van der Waals surface area contributed by atoms with Crippen molar-refractivity contribution < 1.29 is 14.7 Å². The van der Waals surface area contributed by atoms with E-state index in [1.807, 2.05) is 0 Å². The Morgan fingerprint density at radius 2 is 1.80 bits per heavy atom. The number of hydrogen-bond donors (Lipinski definition) is 2. The molecule has 0 aliphatic heterocycles. The van der Waals surface area contributed by atoms with Crippen LogP contribution >= 0.6 is 0 Å². The summed E-state index contributed by atoms with van der Waals surface area (Å²) in [4.78, 5) is 21.9. The van der Waals surface area contributed by atoms with Crippen LogP contribution in [0.2, 0.25) is 0 Å². The average Bonchev–Trinajstić information content (AvgIpc) is 2.19. The lowest BCUT2D eigenvalue weighted by Crippen LogP contribution is -2.12. The van der Waals surface area contributed by atoms with Gasteiger partial charge in [-0.2, -0.15) is 0 Å². The van der Waals surface area contributed by atoms with Crippen LogP contribution in [0.15, 0.2) is 24.3 Å². The summed E-state index contributed by atoms with van der Waals surface area (Å²) in [6, 6.07) is 6.17. The molecule has 1 amide bonds. The normalized spacial score (nSPS) is 9.67. The molecule has 0 aromatic heterocycles. The standard InChI is InChI=1S/C11H13NO3/c1-8(13)2-7-11(15)12-9-3-5-10(14)6-4-9/h3-6,14H,2,7H2,1H3,(H,12,15). The van der Waals surface area contributed by atoms with E-state index in [2.05, 4.69) is 5.32 Å². The molecule has 0 saturated carbocycles. The first kappa shape index (κ1) is 11.2. The lowest BCUT2D eigenvalue weighted by molar-refractivity contribution is -0.121. The van der Waals surface area contributed by atoms with Crippen molar-refractivity contribution in [2.45, 2.75) is 19.8 Å². The quantitative estimate of drug-likeness (QED) is 0.738. The number of anilines is 1. The SMILES string of the molecule is CC(=O)CCC(=O)Nc1ccc(O)cc1. The predicted octanol–water partition coefficient (Wildman–Crippen LogP) is 1.70. The highest BCUT2D eigenvalue weighted by Crippen LogP contribution is 2.13. The van der Waals surface area contributed by atoms with Crippen LogP contribution in [0.4, 0.5) is 5.69 Å². The summed E-state index contributed by atoms with van der Waals surface area (Å²) in [5.41, 5.74) is 0.612. The van der Waals surface area contributed by atoms with Crippen LogP contribution in [0.5, 0.6) is 5.75 Å². The third kappa shape index (κ3) is 4.26. The van der Waals surface area contributed by atoms with Crippen molar-refractivity contribution in [3.8, 4) is 5.75 Å². The Labute approximate surface area is 87.9 Å². The summed E-state index contributed by atoms with van der Waals surface area (Å²) in [6.45, 7) is 1.45. The summed E-state index contributed by atoms with van der Waals surface area (Å²) >= 11 is 0. The molecular formula is C11H13NO3. The van der Waals surface area contributed by atoms with E-state index in [-0.39, 0.29) is 30.3 Å². The molecule has 2 N–H and O–H groups in total. The monoisotopic (exact) mass is 207 g/mol. The van der Waals surface area contributed by atoms with Crippen LogP contribution in [-0.2, 0) is 9.59 Å². The third-order valence-electron chi connectivity index (χ3n) is 1.86. The number of rotatable bonds is 4. The van der Waals surface area contributed by atoms with Crippen molar-refractivity contribution in [3.05, 3.63) is 24.3 Å². The smallest absolute Gasteiger partial charge is 0.224 e. The van der Waals surface area contributed by atoms with Gasteiger partial charge >= 0.3 is 0 Å². The number of phenols is 1. The van der Waals surface area contributed by atoms with Gasteiger partial charge in [-0.25, -0.2) is 0 Å². The molecule has 80 valence electrons. The third-order valence-corrected chi connectivity index (χ3v) is 1.86. The number of carbonyl (C=O) groups excluding carboxylic acids is 2. The summed E-state index contributed by atoms with van der Waals surface area (Å²) in [5.74, 6) is -0.0523. The van der Waals surface area contributed by atoms with Crippen molar-refractivity contribution in [3.63, 3.8) is 0 Å². The van der Waals surface area contributed by atoms with E-state index < -0.39 is 0 Å². The summed E-state index contributed by atoms with van der Waals surface area (Å²) in [7, 11) is 0. The molecule has 0 heterocycles. The second-order valence-corrected chi connectivity index (χ2v) is 3.30. The summed E-state index contributed by atoms with van der Waals surface area (Å²) in [6.07, 6.45) is 0.445. The van der Waals surface area contributed by atoms with E-state index in [0.717, 1.165) is 0 Å². The molecule has 0 spiro atoms. The van der Waals surface area contributed by atoms with E-state index in [4.69, 9.17) is 5.11 Å². The highest BCUT2D eigenvalue weighted by atomic mass is 16.3. The molecule has 0 fully saturated rings. The van der Waals surface area contributed by atoms with Gasteiger partial charge in [-0.05, 0) is 31.2 Å².